The molecule has 0 radical (unpaired) electrons. The molecule has 0 saturated heterocycles. The van der Waals surface area contributed by atoms with Gasteiger partial charge in [-0.3, -0.25) is 15.1 Å². The van der Waals surface area contributed by atoms with E-state index in [2.05, 4.69) is 20.9 Å². The van der Waals surface area contributed by atoms with Crippen LogP contribution in [0.1, 0.15) is 61.3 Å². The second-order valence-electron chi connectivity index (χ2n) is 9.71. The highest BCUT2D eigenvalue weighted by Crippen LogP contribution is 2.32. The predicted octanol–water partition coefficient (Wildman–Crippen LogP) is 1.25. The van der Waals surface area contributed by atoms with Gasteiger partial charge in [-0.05, 0) is 54.4 Å². The lowest BCUT2D eigenvalue weighted by Crippen LogP contribution is -2.48. The number of nitrogens with zero attached hydrogens (tertiary/aromatic N) is 1. The molecule has 4 atom stereocenters. The summed E-state index contributed by atoms with van der Waals surface area (Å²) in [6.07, 6.45) is -0.544. The van der Waals surface area contributed by atoms with Gasteiger partial charge in [0.15, 0.2) is 0 Å². The van der Waals surface area contributed by atoms with Crippen LogP contribution in [-0.2, 0) is 23.8 Å². The van der Waals surface area contributed by atoms with Gasteiger partial charge in [0.05, 0.1) is 31.6 Å². The summed E-state index contributed by atoms with van der Waals surface area (Å²) in [7, 11) is 0. The molecular formula is C22H38N4O8. The highest BCUT2D eigenvalue weighted by Gasteiger charge is 2.42. The first kappa shape index (κ1) is 29.1. The van der Waals surface area contributed by atoms with Crippen LogP contribution < -0.4 is 16.0 Å². The Kier molecular flexibility index (Phi) is 10.7. The van der Waals surface area contributed by atoms with Crippen molar-refractivity contribution in [3.63, 3.8) is 0 Å². The summed E-state index contributed by atoms with van der Waals surface area (Å²) >= 11 is 0. The van der Waals surface area contributed by atoms with E-state index in [-0.39, 0.29) is 26.0 Å². The summed E-state index contributed by atoms with van der Waals surface area (Å²) in [5.74, 6) is -1.53. The maximum Gasteiger partial charge on any atom is 0.412 e. The Morgan fingerprint density at radius 2 is 1.74 bits per heavy atom. The van der Waals surface area contributed by atoms with E-state index in [9.17, 15) is 24.3 Å². The van der Waals surface area contributed by atoms with Gasteiger partial charge >= 0.3 is 18.2 Å². The third-order valence-electron chi connectivity index (χ3n) is 4.75. The van der Waals surface area contributed by atoms with E-state index < -0.39 is 59.4 Å². The lowest BCUT2D eigenvalue weighted by atomic mass is 9.94. The minimum atomic E-state index is -1.04. The number of ether oxygens (including phenoxy) is 3. The number of aliphatic imine (C=N–C) groups is 1. The monoisotopic (exact) mass is 486 g/mol. The predicted molar refractivity (Wildman–Crippen MR) is 123 cm³/mol. The molecule has 1 aliphatic carbocycles. The zero-order chi connectivity index (χ0) is 26.1. The molecule has 34 heavy (non-hydrogen) atoms. The van der Waals surface area contributed by atoms with E-state index in [4.69, 9.17) is 14.2 Å². The molecule has 0 aromatic rings. The van der Waals surface area contributed by atoms with Gasteiger partial charge in [0.2, 0.25) is 5.91 Å². The summed E-state index contributed by atoms with van der Waals surface area (Å²) in [5, 5.41) is 17.6. The summed E-state index contributed by atoms with van der Waals surface area (Å²) in [5.41, 5.74) is -1.69. The largest absolute Gasteiger partial charge is 0.464 e. The third-order valence-corrected chi connectivity index (χ3v) is 4.75. The van der Waals surface area contributed by atoms with Crippen molar-refractivity contribution in [1.82, 2.24) is 16.0 Å². The van der Waals surface area contributed by atoms with Gasteiger partial charge in [-0.2, -0.15) is 0 Å². The number of carbonyl (C=O) groups excluding carboxylic acids is 4. The molecule has 1 fully saturated rings. The van der Waals surface area contributed by atoms with E-state index in [0.717, 1.165) is 6.34 Å². The van der Waals surface area contributed by atoms with Crippen LogP contribution in [0.4, 0.5) is 9.59 Å². The Bertz CT molecular complexity index is 762. The number of aliphatic hydroxyl groups is 1. The molecule has 1 saturated carbocycles. The summed E-state index contributed by atoms with van der Waals surface area (Å²) < 4.78 is 15.5. The second-order valence-corrected chi connectivity index (χ2v) is 9.71. The van der Waals surface area contributed by atoms with E-state index in [1.807, 2.05) is 0 Å². The van der Waals surface area contributed by atoms with Crippen molar-refractivity contribution in [1.29, 1.82) is 0 Å². The molecule has 0 heterocycles. The molecule has 0 aromatic heterocycles. The number of rotatable bonds is 9. The standard InChI is InChI=1S/C22H38N4O8/c1-8-32-18(29)17(26-13(2)27)15-9-14(28)10-16(15)24-12-25-20(31)34-22(6,7)11-23-19(30)33-21(3,4)5/h12,14-17,28H,8-11H2,1-7H3,(H,23,30)(H,26,27)(H,24,25,31)/t14?,15-,16-,17?/m1/s1. The van der Waals surface area contributed by atoms with E-state index in [0.29, 0.717) is 0 Å². The fraction of sp³-hybridized carbons (Fsp3) is 0.773. The van der Waals surface area contributed by atoms with Crippen LogP contribution in [0.25, 0.3) is 0 Å². The molecule has 3 amide bonds. The molecule has 1 aliphatic rings. The molecule has 0 aromatic carbocycles. The molecule has 1 rings (SSSR count). The molecule has 2 unspecified atom stereocenters. The van der Waals surface area contributed by atoms with Gasteiger partial charge in [-0.1, -0.05) is 0 Å². The van der Waals surface area contributed by atoms with Gasteiger partial charge in [-0.25, -0.2) is 14.4 Å². The molecule has 0 spiro atoms. The van der Waals surface area contributed by atoms with Crippen molar-refractivity contribution in [2.45, 2.75) is 90.7 Å². The van der Waals surface area contributed by atoms with Crippen molar-refractivity contribution in [2.75, 3.05) is 13.2 Å². The quantitative estimate of drug-likeness (QED) is 0.164. The number of amides is 3. The number of carbonyl (C=O) groups is 4. The van der Waals surface area contributed by atoms with Crippen molar-refractivity contribution in [2.24, 2.45) is 10.9 Å². The topological polar surface area (TPSA) is 165 Å². The minimum absolute atomic E-state index is 0.0152. The van der Waals surface area contributed by atoms with E-state index in [1.165, 1.54) is 6.92 Å². The fourth-order valence-corrected chi connectivity index (χ4v) is 3.44. The first-order valence-corrected chi connectivity index (χ1v) is 11.2. The maximum atomic E-state index is 12.3. The summed E-state index contributed by atoms with van der Waals surface area (Å²) in [4.78, 5) is 52.2. The van der Waals surface area contributed by atoms with Crippen LogP contribution >= 0.6 is 0 Å². The van der Waals surface area contributed by atoms with Gasteiger partial charge in [-0.15, -0.1) is 0 Å². The molecule has 194 valence electrons. The summed E-state index contributed by atoms with van der Waals surface area (Å²) in [6, 6.07) is -1.51. The van der Waals surface area contributed by atoms with Crippen molar-refractivity contribution in [3.05, 3.63) is 0 Å². The maximum absolute atomic E-state index is 12.3. The smallest absolute Gasteiger partial charge is 0.412 e. The van der Waals surface area contributed by atoms with Crippen LogP contribution in [0, 0.1) is 5.92 Å². The Morgan fingerprint density at radius 3 is 2.29 bits per heavy atom. The van der Waals surface area contributed by atoms with Crippen molar-refractivity contribution in [3.8, 4) is 0 Å². The fourth-order valence-electron chi connectivity index (χ4n) is 3.44. The summed E-state index contributed by atoms with van der Waals surface area (Å²) in [6.45, 7) is 11.5. The Labute approximate surface area is 200 Å². The molecule has 4 N–H and O–H groups in total. The lowest BCUT2D eigenvalue weighted by molar-refractivity contribution is -0.149. The molecule has 12 nitrogen and oxygen atoms in total. The van der Waals surface area contributed by atoms with Gasteiger partial charge < -0.3 is 30.0 Å². The zero-order valence-electron chi connectivity index (χ0n) is 21.0. The first-order chi connectivity index (χ1) is 15.6. The van der Waals surface area contributed by atoms with Crippen LogP contribution in [0.3, 0.4) is 0 Å². The van der Waals surface area contributed by atoms with Crippen molar-refractivity contribution >= 4 is 30.4 Å². The third kappa shape index (κ3) is 10.8. The number of hydrogen-bond acceptors (Lipinski definition) is 9. The van der Waals surface area contributed by atoms with Crippen molar-refractivity contribution < 1.29 is 38.5 Å². The molecule has 0 aliphatic heterocycles. The van der Waals surface area contributed by atoms with Gasteiger partial charge in [0, 0.05) is 12.8 Å². The number of aliphatic hydroxyl groups excluding tert-OH is 1. The lowest BCUT2D eigenvalue weighted by Gasteiger charge is -2.26. The molecule has 12 heteroatoms. The Hall–Kier alpha value is -2.89. The first-order valence-electron chi connectivity index (χ1n) is 11.2. The van der Waals surface area contributed by atoms with Crippen LogP contribution in [0.15, 0.2) is 4.99 Å². The average Bonchev–Trinajstić information content (AvgIpc) is 3.03. The SMILES string of the molecule is CCOC(=O)C(NC(C)=O)[C@@H]1CC(O)C[C@H]1N=CNC(=O)OC(C)(C)CNC(=O)OC(C)(C)C. The van der Waals surface area contributed by atoms with Crippen LogP contribution in [0.5, 0.6) is 0 Å². The Balaban J connectivity index is 2.69. The van der Waals surface area contributed by atoms with Crippen LogP contribution in [-0.4, -0.2) is 78.0 Å². The van der Waals surface area contributed by atoms with Gasteiger partial charge in [0.25, 0.3) is 0 Å². The highest BCUT2D eigenvalue weighted by molar-refractivity contribution is 5.84. The number of alkyl carbamates (subject to hydrolysis) is 2. The second kappa shape index (κ2) is 12.5. The van der Waals surface area contributed by atoms with Crippen LogP contribution in [0.2, 0.25) is 0 Å². The molecule has 0 bridgehead atoms. The van der Waals surface area contributed by atoms with E-state index >= 15 is 0 Å². The Morgan fingerprint density at radius 1 is 1.09 bits per heavy atom. The van der Waals surface area contributed by atoms with E-state index in [1.54, 1.807) is 41.5 Å². The number of nitrogens with one attached hydrogen (secondary N) is 3. The normalized spacial score (nSPS) is 21.5. The number of hydrogen-bond donors (Lipinski definition) is 4. The zero-order valence-corrected chi connectivity index (χ0v) is 21.0. The highest BCUT2D eigenvalue weighted by atomic mass is 16.6. The average molecular weight is 487 g/mol. The van der Waals surface area contributed by atoms with Gasteiger partial charge in [0.1, 0.15) is 17.2 Å². The minimum Gasteiger partial charge on any atom is -0.464 e. The number of esters is 1. The molecular weight excluding hydrogens is 448 g/mol.